The van der Waals surface area contributed by atoms with E-state index in [4.69, 9.17) is 9.47 Å². The number of amides is 1. The number of carbonyl (C=O) groups excluding carboxylic acids is 1. The molecule has 5 heteroatoms. The predicted octanol–water partition coefficient (Wildman–Crippen LogP) is 4.66. The Morgan fingerprint density at radius 3 is 2.65 bits per heavy atom. The van der Waals surface area contributed by atoms with Crippen molar-refractivity contribution in [3.05, 3.63) is 23.8 Å². The van der Waals surface area contributed by atoms with Crippen LogP contribution in [0.4, 0.5) is 5.69 Å². The van der Waals surface area contributed by atoms with E-state index >= 15 is 0 Å². The van der Waals surface area contributed by atoms with Gasteiger partial charge in [0.25, 0.3) is 5.91 Å². The molecule has 1 aromatic rings. The summed E-state index contributed by atoms with van der Waals surface area (Å²) in [4.78, 5) is 12.9. The first-order valence-electron chi connectivity index (χ1n) is 9.63. The molecule has 0 saturated heterocycles. The van der Waals surface area contributed by atoms with Gasteiger partial charge >= 0.3 is 0 Å². The highest BCUT2D eigenvalue weighted by Gasteiger charge is 2.40. The molecule has 26 heavy (non-hydrogen) atoms. The number of ether oxygens (including phenoxy) is 2. The SMILES string of the molecule is CCCOC1(C(=O)Nc2ccc(OCC(C)C)c(C#N)c2)CCCCC1. The maximum Gasteiger partial charge on any atom is 0.256 e. The number of nitrogens with zero attached hydrogens (tertiary/aromatic N) is 1. The molecule has 1 saturated carbocycles. The van der Waals surface area contributed by atoms with Crippen molar-refractivity contribution < 1.29 is 14.3 Å². The highest BCUT2D eigenvalue weighted by Crippen LogP contribution is 2.33. The van der Waals surface area contributed by atoms with Gasteiger partial charge in [-0.2, -0.15) is 5.26 Å². The summed E-state index contributed by atoms with van der Waals surface area (Å²) in [5.74, 6) is 0.821. The molecule has 0 radical (unpaired) electrons. The largest absolute Gasteiger partial charge is 0.492 e. The number of anilines is 1. The number of nitriles is 1. The number of carbonyl (C=O) groups is 1. The van der Waals surface area contributed by atoms with Crippen molar-refractivity contribution in [1.82, 2.24) is 0 Å². The van der Waals surface area contributed by atoms with E-state index in [1.807, 2.05) is 6.92 Å². The Hall–Kier alpha value is -2.06. The van der Waals surface area contributed by atoms with Crippen LogP contribution in [0.2, 0.25) is 0 Å². The van der Waals surface area contributed by atoms with Gasteiger partial charge in [-0.15, -0.1) is 0 Å². The Kier molecular flexibility index (Phi) is 7.47. The smallest absolute Gasteiger partial charge is 0.256 e. The second-order valence-electron chi connectivity index (χ2n) is 7.39. The van der Waals surface area contributed by atoms with Gasteiger partial charge < -0.3 is 14.8 Å². The standard InChI is InChI=1S/C21H30N2O3/c1-4-12-26-21(10-6-5-7-11-21)20(24)23-18-8-9-19(17(13-18)14-22)25-15-16(2)3/h8-9,13,16H,4-7,10-12,15H2,1-3H3,(H,23,24). The first kappa shape index (κ1) is 20.3. The maximum absolute atomic E-state index is 12.9. The van der Waals surface area contributed by atoms with Crippen LogP contribution in [0.5, 0.6) is 5.75 Å². The molecule has 1 fully saturated rings. The Morgan fingerprint density at radius 2 is 2.04 bits per heavy atom. The normalized spacial score (nSPS) is 16.1. The lowest BCUT2D eigenvalue weighted by atomic mass is 9.83. The lowest BCUT2D eigenvalue weighted by Gasteiger charge is -2.35. The summed E-state index contributed by atoms with van der Waals surface area (Å²) in [5.41, 5.74) is 0.289. The summed E-state index contributed by atoms with van der Waals surface area (Å²) in [6, 6.07) is 7.35. The van der Waals surface area contributed by atoms with E-state index in [0.717, 1.165) is 38.5 Å². The fraction of sp³-hybridized carbons (Fsp3) is 0.619. The van der Waals surface area contributed by atoms with Gasteiger partial charge in [-0.25, -0.2) is 0 Å². The molecule has 1 aliphatic rings. The molecular weight excluding hydrogens is 328 g/mol. The Morgan fingerprint density at radius 1 is 1.31 bits per heavy atom. The van der Waals surface area contributed by atoms with Gasteiger partial charge in [0.1, 0.15) is 17.4 Å². The van der Waals surface area contributed by atoms with E-state index in [0.29, 0.717) is 36.1 Å². The molecule has 2 rings (SSSR count). The molecule has 0 aromatic heterocycles. The summed E-state index contributed by atoms with van der Waals surface area (Å²) in [6.45, 7) is 7.29. The van der Waals surface area contributed by atoms with Crippen LogP contribution in [0.3, 0.4) is 0 Å². The fourth-order valence-corrected chi connectivity index (χ4v) is 3.18. The minimum atomic E-state index is -0.742. The third-order valence-electron chi connectivity index (χ3n) is 4.59. The van der Waals surface area contributed by atoms with Crippen LogP contribution >= 0.6 is 0 Å². The van der Waals surface area contributed by atoms with E-state index in [1.165, 1.54) is 0 Å². The van der Waals surface area contributed by atoms with Gasteiger partial charge in [-0.1, -0.05) is 40.0 Å². The average Bonchev–Trinajstić information content (AvgIpc) is 2.65. The second kappa shape index (κ2) is 9.59. The summed E-state index contributed by atoms with van der Waals surface area (Å²) in [5, 5.41) is 12.3. The van der Waals surface area contributed by atoms with Gasteiger partial charge in [-0.3, -0.25) is 4.79 Å². The van der Waals surface area contributed by atoms with Gasteiger partial charge in [0.15, 0.2) is 0 Å². The summed E-state index contributed by atoms with van der Waals surface area (Å²) >= 11 is 0. The van der Waals surface area contributed by atoms with Crippen molar-refractivity contribution in [1.29, 1.82) is 5.26 Å². The molecular formula is C21H30N2O3. The minimum absolute atomic E-state index is 0.106. The van der Waals surface area contributed by atoms with Gasteiger partial charge in [0.2, 0.25) is 0 Å². The Bertz CT molecular complexity index is 643. The molecule has 0 unspecified atom stereocenters. The van der Waals surface area contributed by atoms with Crippen molar-refractivity contribution in [2.75, 3.05) is 18.5 Å². The topological polar surface area (TPSA) is 71.3 Å². The summed E-state index contributed by atoms with van der Waals surface area (Å²) < 4.78 is 11.7. The minimum Gasteiger partial charge on any atom is -0.492 e. The molecule has 0 aliphatic heterocycles. The first-order chi connectivity index (χ1) is 12.5. The second-order valence-corrected chi connectivity index (χ2v) is 7.39. The first-order valence-corrected chi connectivity index (χ1v) is 9.63. The van der Waals surface area contributed by atoms with E-state index in [1.54, 1.807) is 18.2 Å². The van der Waals surface area contributed by atoms with Crippen LogP contribution in [0.15, 0.2) is 18.2 Å². The van der Waals surface area contributed by atoms with E-state index < -0.39 is 5.60 Å². The molecule has 5 nitrogen and oxygen atoms in total. The average molecular weight is 358 g/mol. The van der Waals surface area contributed by atoms with Gasteiger partial charge in [-0.05, 0) is 43.4 Å². The molecule has 1 N–H and O–H groups in total. The lowest BCUT2D eigenvalue weighted by molar-refractivity contribution is -0.146. The molecule has 0 bridgehead atoms. The highest BCUT2D eigenvalue weighted by atomic mass is 16.5. The third kappa shape index (κ3) is 5.22. The number of rotatable bonds is 8. The third-order valence-corrected chi connectivity index (χ3v) is 4.59. The maximum atomic E-state index is 12.9. The molecule has 1 aromatic carbocycles. The monoisotopic (exact) mass is 358 g/mol. The Labute approximate surface area is 156 Å². The molecule has 142 valence electrons. The van der Waals surface area contributed by atoms with Crippen molar-refractivity contribution in [3.8, 4) is 11.8 Å². The van der Waals surface area contributed by atoms with Crippen LogP contribution in [0.25, 0.3) is 0 Å². The predicted molar refractivity (Wildman–Crippen MR) is 102 cm³/mol. The Balaban J connectivity index is 2.12. The zero-order valence-corrected chi connectivity index (χ0v) is 16.1. The zero-order chi connectivity index (χ0) is 19.0. The van der Waals surface area contributed by atoms with Crippen LogP contribution in [0, 0.1) is 17.2 Å². The number of hydrogen-bond donors (Lipinski definition) is 1. The molecule has 0 heterocycles. The van der Waals surface area contributed by atoms with Crippen molar-refractivity contribution in [2.45, 2.75) is 64.9 Å². The molecule has 1 aliphatic carbocycles. The summed E-state index contributed by atoms with van der Waals surface area (Å²) in [7, 11) is 0. The quantitative estimate of drug-likeness (QED) is 0.733. The zero-order valence-electron chi connectivity index (χ0n) is 16.1. The fourth-order valence-electron chi connectivity index (χ4n) is 3.18. The molecule has 0 atom stereocenters. The van der Waals surface area contributed by atoms with Crippen molar-refractivity contribution >= 4 is 11.6 Å². The van der Waals surface area contributed by atoms with Gasteiger partial charge in [0, 0.05) is 12.3 Å². The number of hydrogen-bond acceptors (Lipinski definition) is 4. The van der Waals surface area contributed by atoms with Crippen LogP contribution in [-0.4, -0.2) is 24.7 Å². The van der Waals surface area contributed by atoms with Crippen LogP contribution in [-0.2, 0) is 9.53 Å². The number of benzene rings is 1. The summed E-state index contributed by atoms with van der Waals surface area (Å²) in [6.07, 6.45) is 5.53. The molecule has 0 spiro atoms. The van der Waals surface area contributed by atoms with E-state index in [2.05, 4.69) is 25.2 Å². The highest BCUT2D eigenvalue weighted by molar-refractivity contribution is 5.97. The van der Waals surface area contributed by atoms with Crippen LogP contribution < -0.4 is 10.1 Å². The van der Waals surface area contributed by atoms with Crippen molar-refractivity contribution in [3.63, 3.8) is 0 Å². The molecule has 1 amide bonds. The van der Waals surface area contributed by atoms with Gasteiger partial charge in [0.05, 0.1) is 12.2 Å². The number of nitrogens with one attached hydrogen (secondary N) is 1. The van der Waals surface area contributed by atoms with E-state index in [-0.39, 0.29) is 5.91 Å². The van der Waals surface area contributed by atoms with Crippen molar-refractivity contribution in [2.24, 2.45) is 5.92 Å². The van der Waals surface area contributed by atoms with Crippen LogP contribution in [0.1, 0.15) is 64.9 Å². The van der Waals surface area contributed by atoms with E-state index in [9.17, 15) is 10.1 Å². The lowest BCUT2D eigenvalue weighted by Crippen LogP contribution is -2.47.